The van der Waals surface area contributed by atoms with Gasteiger partial charge in [-0.15, -0.1) is 0 Å². The first-order chi connectivity index (χ1) is 9.99. The average Bonchev–Trinajstić information content (AvgIpc) is 2.44. The van der Waals surface area contributed by atoms with E-state index in [9.17, 15) is 14.4 Å². The Balaban J connectivity index is 2.21. The zero-order valence-corrected chi connectivity index (χ0v) is 12.0. The molecule has 21 heavy (non-hydrogen) atoms. The summed E-state index contributed by atoms with van der Waals surface area (Å²) in [7, 11) is 0. The van der Waals surface area contributed by atoms with E-state index in [1.807, 2.05) is 13.0 Å². The molecule has 0 spiro atoms. The van der Waals surface area contributed by atoms with Gasteiger partial charge in [-0.05, 0) is 31.9 Å². The predicted octanol–water partition coefficient (Wildman–Crippen LogP) is 1.10. The summed E-state index contributed by atoms with van der Waals surface area (Å²) in [5.41, 5.74) is 1.50. The van der Waals surface area contributed by atoms with E-state index in [0.717, 1.165) is 5.56 Å². The summed E-state index contributed by atoms with van der Waals surface area (Å²) >= 11 is 0. The van der Waals surface area contributed by atoms with E-state index in [1.165, 1.54) is 0 Å². The highest BCUT2D eigenvalue weighted by atomic mass is 16.4. The highest BCUT2D eigenvalue weighted by Crippen LogP contribution is 2.03. The van der Waals surface area contributed by atoms with Gasteiger partial charge in [-0.3, -0.25) is 14.4 Å². The first kappa shape index (κ1) is 16.7. The van der Waals surface area contributed by atoms with Crippen LogP contribution >= 0.6 is 0 Å². The van der Waals surface area contributed by atoms with Crippen molar-refractivity contribution >= 4 is 17.8 Å². The molecule has 0 aliphatic carbocycles. The number of carbonyl (C=O) groups excluding carboxylic acids is 2. The van der Waals surface area contributed by atoms with E-state index >= 15 is 0 Å². The molecule has 0 atom stereocenters. The quantitative estimate of drug-likeness (QED) is 0.625. The van der Waals surface area contributed by atoms with Crippen LogP contribution in [0.25, 0.3) is 0 Å². The number of carbonyl (C=O) groups is 3. The molecule has 2 amide bonds. The summed E-state index contributed by atoms with van der Waals surface area (Å²) in [6.45, 7) is 2.21. The Kier molecular flexibility index (Phi) is 6.94. The van der Waals surface area contributed by atoms with E-state index in [-0.39, 0.29) is 24.8 Å². The van der Waals surface area contributed by atoms with E-state index in [1.54, 1.807) is 18.2 Å². The van der Waals surface area contributed by atoms with Crippen LogP contribution in [0, 0.1) is 6.92 Å². The van der Waals surface area contributed by atoms with Crippen LogP contribution in [0.1, 0.15) is 35.2 Å². The summed E-state index contributed by atoms with van der Waals surface area (Å²) in [5, 5.41) is 13.6. The molecule has 3 N–H and O–H groups in total. The fourth-order valence-corrected chi connectivity index (χ4v) is 1.74. The zero-order chi connectivity index (χ0) is 15.7. The van der Waals surface area contributed by atoms with Crippen LogP contribution in [0.3, 0.4) is 0 Å². The van der Waals surface area contributed by atoms with Gasteiger partial charge in [0.15, 0.2) is 0 Å². The van der Waals surface area contributed by atoms with Crippen LogP contribution in [0.4, 0.5) is 0 Å². The number of benzene rings is 1. The van der Waals surface area contributed by atoms with Gasteiger partial charge in [-0.1, -0.05) is 17.7 Å². The topological polar surface area (TPSA) is 95.5 Å². The Labute approximate surface area is 123 Å². The highest BCUT2D eigenvalue weighted by Gasteiger charge is 2.07. The van der Waals surface area contributed by atoms with Crippen LogP contribution < -0.4 is 10.6 Å². The van der Waals surface area contributed by atoms with Crippen LogP contribution in [0.15, 0.2) is 24.3 Å². The number of aryl methyl sites for hydroxylation is 1. The van der Waals surface area contributed by atoms with Crippen molar-refractivity contribution in [2.45, 2.75) is 26.2 Å². The molecule has 1 aromatic rings. The minimum Gasteiger partial charge on any atom is -0.481 e. The Morgan fingerprint density at radius 2 is 1.90 bits per heavy atom. The number of hydrogen-bond acceptors (Lipinski definition) is 3. The normalized spacial score (nSPS) is 9.95. The van der Waals surface area contributed by atoms with Gasteiger partial charge < -0.3 is 15.7 Å². The fourth-order valence-electron chi connectivity index (χ4n) is 1.74. The molecule has 0 unspecified atom stereocenters. The molecule has 0 saturated heterocycles. The Morgan fingerprint density at radius 3 is 2.57 bits per heavy atom. The summed E-state index contributed by atoms with van der Waals surface area (Å²) in [6.07, 6.45) is 1.22. The third kappa shape index (κ3) is 7.10. The second-order valence-corrected chi connectivity index (χ2v) is 4.75. The van der Waals surface area contributed by atoms with Crippen molar-refractivity contribution in [2.75, 3.05) is 13.1 Å². The van der Waals surface area contributed by atoms with Crippen LogP contribution in [-0.4, -0.2) is 36.0 Å². The molecule has 6 heteroatoms. The van der Waals surface area contributed by atoms with Crippen molar-refractivity contribution < 1.29 is 19.5 Å². The molecule has 0 fully saturated rings. The average molecular weight is 292 g/mol. The first-order valence-electron chi connectivity index (χ1n) is 6.82. The molecular formula is C15H20N2O4. The van der Waals surface area contributed by atoms with Gasteiger partial charge in [0.05, 0.1) is 6.54 Å². The molecule has 0 saturated carbocycles. The molecule has 6 nitrogen and oxygen atoms in total. The smallest absolute Gasteiger partial charge is 0.303 e. The van der Waals surface area contributed by atoms with Crippen molar-refractivity contribution in [1.82, 2.24) is 10.6 Å². The zero-order valence-electron chi connectivity index (χ0n) is 12.0. The Hall–Kier alpha value is -2.37. The largest absolute Gasteiger partial charge is 0.481 e. The van der Waals surface area contributed by atoms with Crippen molar-refractivity contribution in [2.24, 2.45) is 0 Å². The van der Waals surface area contributed by atoms with E-state index in [4.69, 9.17) is 5.11 Å². The van der Waals surface area contributed by atoms with E-state index in [2.05, 4.69) is 10.6 Å². The summed E-state index contributed by atoms with van der Waals surface area (Å²) in [4.78, 5) is 33.6. The Bertz CT molecular complexity index is 514. The number of carboxylic acids is 1. The number of unbranched alkanes of at least 4 members (excludes halogenated alkanes) is 1. The molecule has 1 rings (SSSR count). The molecule has 0 radical (unpaired) electrons. The number of rotatable bonds is 8. The van der Waals surface area contributed by atoms with Crippen LogP contribution in [0.2, 0.25) is 0 Å². The maximum Gasteiger partial charge on any atom is 0.303 e. The summed E-state index contributed by atoms with van der Waals surface area (Å²) < 4.78 is 0. The molecular weight excluding hydrogens is 272 g/mol. The minimum atomic E-state index is -0.841. The molecule has 0 aliphatic heterocycles. The molecule has 0 aromatic heterocycles. The van der Waals surface area contributed by atoms with Crippen molar-refractivity contribution in [3.05, 3.63) is 35.4 Å². The first-order valence-corrected chi connectivity index (χ1v) is 6.82. The summed E-state index contributed by atoms with van der Waals surface area (Å²) in [6, 6.07) is 7.11. The van der Waals surface area contributed by atoms with Crippen LogP contribution in [0.5, 0.6) is 0 Å². The minimum absolute atomic E-state index is 0.0916. The third-order valence-electron chi connectivity index (χ3n) is 2.83. The predicted molar refractivity (Wildman–Crippen MR) is 78.0 cm³/mol. The maximum absolute atomic E-state index is 11.8. The Morgan fingerprint density at radius 1 is 1.14 bits per heavy atom. The number of nitrogens with one attached hydrogen (secondary N) is 2. The third-order valence-corrected chi connectivity index (χ3v) is 2.83. The molecule has 0 aliphatic rings. The number of amides is 2. The molecule has 114 valence electrons. The van der Waals surface area contributed by atoms with Gasteiger partial charge in [-0.25, -0.2) is 0 Å². The lowest BCUT2D eigenvalue weighted by Gasteiger charge is -2.07. The van der Waals surface area contributed by atoms with Gasteiger partial charge in [0.1, 0.15) is 0 Å². The SMILES string of the molecule is Cc1cccc(C(=O)NCC(=O)NCCCCC(=O)O)c1. The van der Waals surface area contributed by atoms with Gasteiger partial charge in [0, 0.05) is 18.5 Å². The number of carboxylic acid groups (broad SMARTS) is 1. The lowest BCUT2D eigenvalue weighted by molar-refractivity contribution is -0.137. The van der Waals surface area contributed by atoms with Crippen molar-refractivity contribution in [3.63, 3.8) is 0 Å². The lowest BCUT2D eigenvalue weighted by Crippen LogP contribution is -2.37. The van der Waals surface area contributed by atoms with Gasteiger partial charge in [-0.2, -0.15) is 0 Å². The van der Waals surface area contributed by atoms with E-state index in [0.29, 0.717) is 24.9 Å². The molecule has 1 aromatic carbocycles. The second-order valence-electron chi connectivity index (χ2n) is 4.75. The van der Waals surface area contributed by atoms with Crippen molar-refractivity contribution in [3.8, 4) is 0 Å². The number of hydrogen-bond donors (Lipinski definition) is 3. The second kappa shape index (κ2) is 8.73. The van der Waals surface area contributed by atoms with Crippen LogP contribution in [-0.2, 0) is 9.59 Å². The van der Waals surface area contributed by atoms with Crippen molar-refractivity contribution in [1.29, 1.82) is 0 Å². The van der Waals surface area contributed by atoms with Gasteiger partial charge in [0.2, 0.25) is 5.91 Å². The highest BCUT2D eigenvalue weighted by molar-refractivity contribution is 5.96. The lowest BCUT2D eigenvalue weighted by atomic mass is 10.1. The monoisotopic (exact) mass is 292 g/mol. The van der Waals surface area contributed by atoms with E-state index < -0.39 is 5.97 Å². The molecule has 0 heterocycles. The number of aliphatic carboxylic acids is 1. The fraction of sp³-hybridized carbons (Fsp3) is 0.400. The summed E-state index contributed by atoms with van der Waals surface area (Å²) in [5.74, 6) is -1.42. The van der Waals surface area contributed by atoms with Gasteiger partial charge in [0.25, 0.3) is 5.91 Å². The van der Waals surface area contributed by atoms with Gasteiger partial charge >= 0.3 is 5.97 Å². The standard InChI is InChI=1S/C15H20N2O4/c1-11-5-4-6-12(9-11)15(21)17-10-13(18)16-8-3-2-7-14(19)20/h4-6,9H,2-3,7-8,10H2,1H3,(H,16,18)(H,17,21)(H,19,20). The maximum atomic E-state index is 11.8. The molecule has 0 bridgehead atoms.